The standard InChI is InChI=1S/C13H16Cl2N2O4/c1-20-5-4-16-8-10-2-3-13(12(6-10)17(18)19)21-9-11(15)7-14/h2-3,6-7,16H,4-5,8-9H2,1H3. The number of methoxy groups -OCH3 is 1. The minimum absolute atomic E-state index is 0.0165. The predicted octanol–water partition coefficient (Wildman–Crippen LogP) is 3.03. The molecule has 6 nitrogen and oxygen atoms in total. The van der Waals surface area contributed by atoms with Crippen molar-refractivity contribution in [1.29, 1.82) is 0 Å². The Bertz CT molecular complexity index is 509. The third kappa shape index (κ3) is 6.31. The molecule has 0 aliphatic heterocycles. The maximum absolute atomic E-state index is 11.1. The molecular formula is C13H16Cl2N2O4. The van der Waals surface area contributed by atoms with Crippen LogP contribution < -0.4 is 10.1 Å². The van der Waals surface area contributed by atoms with Gasteiger partial charge in [0.05, 0.1) is 16.6 Å². The number of nitro groups is 1. The van der Waals surface area contributed by atoms with E-state index in [-0.39, 0.29) is 23.1 Å². The van der Waals surface area contributed by atoms with Gasteiger partial charge in [-0.2, -0.15) is 0 Å². The third-order valence-corrected chi connectivity index (χ3v) is 3.11. The van der Waals surface area contributed by atoms with Gasteiger partial charge < -0.3 is 14.8 Å². The minimum Gasteiger partial charge on any atom is -0.481 e. The van der Waals surface area contributed by atoms with Crippen LogP contribution in [-0.4, -0.2) is 31.8 Å². The van der Waals surface area contributed by atoms with Crippen LogP contribution in [0.5, 0.6) is 5.75 Å². The van der Waals surface area contributed by atoms with Gasteiger partial charge in [-0.15, -0.1) is 0 Å². The Morgan fingerprint density at radius 3 is 2.90 bits per heavy atom. The molecule has 0 fully saturated rings. The maximum Gasteiger partial charge on any atom is 0.311 e. The van der Waals surface area contributed by atoms with Gasteiger partial charge in [-0.05, 0) is 11.6 Å². The smallest absolute Gasteiger partial charge is 0.311 e. The molecule has 21 heavy (non-hydrogen) atoms. The maximum atomic E-state index is 11.1. The van der Waals surface area contributed by atoms with E-state index < -0.39 is 4.92 Å². The second-order valence-corrected chi connectivity index (χ2v) is 4.78. The van der Waals surface area contributed by atoms with E-state index in [1.54, 1.807) is 19.2 Å². The number of hydrogen-bond acceptors (Lipinski definition) is 5. The van der Waals surface area contributed by atoms with Gasteiger partial charge in [0.25, 0.3) is 0 Å². The average Bonchev–Trinajstić information content (AvgIpc) is 2.49. The first-order valence-electron chi connectivity index (χ1n) is 6.13. The molecule has 0 atom stereocenters. The SMILES string of the molecule is COCCNCc1ccc(OCC(Cl)=CCl)c([N+](=O)[O-])c1. The first kappa shape index (κ1) is 17.7. The topological polar surface area (TPSA) is 73.6 Å². The molecule has 1 rings (SSSR count). The van der Waals surface area contributed by atoms with Gasteiger partial charge in [0.1, 0.15) is 6.61 Å². The lowest BCUT2D eigenvalue weighted by Gasteiger charge is -2.08. The Labute approximate surface area is 132 Å². The summed E-state index contributed by atoms with van der Waals surface area (Å²) in [7, 11) is 1.61. The van der Waals surface area contributed by atoms with E-state index in [0.717, 1.165) is 11.1 Å². The highest BCUT2D eigenvalue weighted by Gasteiger charge is 2.16. The fourth-order valence-electron chi connectivity index (χ4n) is 1.52. The van der Waals surface area contributed by atoms with Crippen molar-refractivity contribution in [1.82, 2.24) is 5.32 Å². The molecule has 0 amide bonds. The molecule has 116 valence electrons. The number of nitrogens with zero attached hydrogens (tertiary/aromatic N) is 1. The van der Waals surface area contributed by atoms with E-state index in [2.05, 4.69) is 5.32 Å². The van der Waals surface area contributed by atoms with Gasteiger partial charge in [0.15, 0.2) is 5.75 Å². The van der Waals surface area contributed by atoms with Crippen molar-refractivity contribution in [3.63, 3.8) is 0 Å². The Kier molecular flexibility index (Phi) is 8.07. The molecule has 0 spiro atoms. The zero-order valence-electron chi connectivity index (χ0n) is 11.5. The highest BCUT2D eigenvalue weighted by molar-refractivity contribution is 6.36. The summed E-state index contributed by atoms with van der Waals surface area (Å²) in [6, 6.07) is 4.76. The van der Waals surface area contributed by atoms with Gasteiger partial charge in [-0.3, -0.25) is 10.1 Å². The monoisotopic (exact) mass is 334 g/mol. The molecule has 1 aromatic carbocycles. The molecule has 0 saturated heterocycles. The number of hydrogen-bond donors (Lipinski definition) is 1. The van der Waals surface area contributed by atoms with Gasteiger partial charge in [-0.25, -0.2) is 0 Å². The third-order valence-electron chi connectivity index (χ3n) is 2.52. The zero-order valence-corrected chi connectivity index (χ0v) is 13.0. The Hall–Kier alpha value is -1.34. The first-order chi connectivity index (χ1) is 10.1. The van der Waals surface area contributed by atoms with E-state index in [4.69, 9.17) is 32.7 Å². The molecule has 0 radical (unpaired) electrons. The molecule has 0 aromatic heterocycles. The van der Waals surface area contributed by atoms with Crippen LogP contribution in [-0.2, 0) is 11.3 Å². The van der Waals surface area contributed by atoms with E-state index in [1.807, 2.05) is 0 Å². The second kappa shape index (κ2) is 9.57. The lowest BCUT2D eigenvalue weighted by atomic mass is 10.2. The normalized spacial score (nSPS) is 11.5. The van der Waals surface area contributed by atoms with Crippen molar-refractivity contribution in [3.05, 3.63) is 44.4 Å². The fourth-order valence-corrected chi connectivity index (χ4v) is 1.64. The molecular weight excluding hydrogens is 319 g/mol. The number of nitro benzene ring substituents is 1. The van der Waals surface area contributed by atoms with Crippen molar-refractivity contribution < 1.29 is 14.4 Å². The van der Waals surface area contributed by atoms with Crippen molar-refractivity contribution in [2.45, 2.75) is 6.54 Å². The van der Waals surface area contributed by atoms with Crippen molar-refractivity contribution in [2.75, 3.05) is 26.9 Å². The van der Waals surface area contributed by atoms with Crippen LogP contribution in [0, 0.1) is 10.1 Å². The molecule has 0 aliphatic rings. The summed E-state index contributed by atoms with van der Waals surface area (Å²) < 4.78 is 10.2. The number of rotatable bonds is 9. The fraction of sp³-hybridized carbons (Fsp3) is 0.385. The highest BCUT2D eigenvalue weighted by atomic mass is 35.5. The van der Waals surface area contributed by atoms with Crippen LogP contribution in [0.3, 0.4) is 0 Å². The van der Waals surface area contributed by atoms with Crippen LogP contribution >= 0.6 is 23.2 Å². The average molecular weight is 335 g/mol. The lowest BCUT2D eigenvalue weighted by molar-refractivity contribution is -0.385. The first-order valence-corrected chi connectivity index (χ1v) is 6.94. The number of halogens is 2. The van der Waals surface area contributed by atoms with Crippen LogP contribution in [0.25, 0.3) is 0 Å². The van der Waals surface area contributed by atoms with Crippen LogP contribution in [0.15, 0.2) is 28.8 Å². The summed E-state index contributed by atoms with van der Waals surface area (Å²) in [5.41, 5.74) is 1.82. The second-order valence-electron chi connectivity index (χ2n) is 4.07. The molecule has 0 saturated carbocycles. The Balaban J connectivity index is 2.74. The summed E-state index contributed by atoms with van der Waals surface area (Å²) in [5, 5.41) is 14.4. The van der Waals surface area contributed by atoms with Crippen molar-refractivity contribution in [2.24, 2.45) is 0 Å². The van der Waals surface area contributed by atoms with Crippen molar-refractivity contribution in [3.8, 4) is 5.75 Å². The molecule has 0 unspecified atom stereocenters. The van der Waals surface area contributed by atoms with Gasteiger partial charge in [0.2, 0.25) is 0 Å². The van der Waals surface area contributed by atoms with E-state index >= 15 is 0 Å². The van der Waals surface area contributed by atoms with Crippen LogP contribution in [0.1, 0.15) is 5.56 Å². The lowest BCUT2D eigenvalue weighted by Crippen LogP contribution is -2.18. The summed E-state index contributed by atoms with van der Waals surface area (Å²) >= 11 is 11.1. The largest absolute Gasteiger partial charge is 0.481 e. The van der Waals surface area contributed by atoms with Crippen LogP contribution in [0.4, 0.5) is 5.69 Å². The zero-order chi connectivity index (χ0) is 15.7. The number of nitrogens with one attached hydrogen (secondary N) is 1. The van der Waals surface area contributed by atoms with Gasteiger partial charge in [0, 0.05) is 31.8 Å². The predicted molar refractivity (Wildman–Crippen MR) is 82.0 cm³/mol. The molecule has 1 aromatic rings. The van der Waals surface area contributed by atoms with E-state index in [0.29, 0.717) is 19.7 Å². The molecule has 0 bridgehead atoms. The van der Waals surface area contributed by atoms with Crippen LogP contribution in [0.2, 0.25) is 0 Å². The molecule has 0 heterocycles. The van der Waals surface area contributed by atoms with Gasteiger partial charge >= 0.3 is 5.69 Å². The quantitative estimate of drug-likeness (QED) is 0.427. The minimum atomic E-state index is -0.494. The van der Waals surface area contributed by atoms with E-state index in [9.17, 15) is 10.1 Å². The molecule has 0 aliphatic carbocycles. The van der Waals surface area contributed by atoms with Crippen molar-refractivity contribution >= 4 is 28.9 Å². The summed E-state index contributed by atoms with van der Waals surface area (Å²) in [6.07, 6.45) is 0. The van der Waals surface area contributed by atoms with Gasteiger partial charge in [-0.1, -0.05) is 29.3 Å². The Morgan fingerprint density at radius 1 is 1.52 bits per heavy atom. The molecule has 8 heteroatoms. The molecule has 1 N–H and O–H groups in total. The summed E-state index contributed by atoms with van der Waals surface area (Å²) in [4.78, 5) is 10.6. The van der Waals surface area contributed by atoms with E-state index in [1.165, 1.54) is 6.07 Å². The highest BCUT2D eigenvalue weighted by Crippen LogP contribution is 2.28. The summed E-state index contributed by atoms with van der Waals surface area (Å²) in [6.45, 7) is 1.73. The number of benzene rings is 1. The summed E-state index contributed by atoms with van der Waals surface area (Å²) in [5.74, 6) is 0.150. The Morgan fingerprint density at radius 2 is 2.29 bits per heavy atom. The number of ether oxygens (including phenoxy) is 2.